The lowest BCUT2D eigenvalue weighted by atomic mass is 9.88. The number of hydrogen-bond donors (Lipinski definition) is 1. The molecule has 0 spiro atoms. The molecule has 6 heteroatoms. The van der Waals surface area contributed by atoms with Crippen LogP contribution in [-0.2, 0) is 17.8 Å². The van der Waals surface area contributed by atoms with E-state index in [2.05, 4.69) is 29.4 Å². The molecular formula is C11H20N4O2. The van der Waals surface area contributed by atoms with Crippen LogP contribution >= 0.6 is 0 Å². The maximum absolute atomic E-state index is 11.2. The molecule has 1 N–H and O–H groups in total. The van der Waals surface area contributed by atoms with E-state index in [9.17, 15) is 9.90 Å². The van der Waals surface area contributed by atoms with E-state index in [4.69, 9.17) is 0 Å². The molecule has 1 heterocycles. The highest BCUT2D eigenvalue weighted by atomic mass is 16.4. The largest absolute Gasteiger partial charge is 0.481 e. The van der Waals surface area contributed by atoms with Crippen LogP contribution < -0.4 is 0 Å². The van der Waals surface area contributed by atoms with Crippen LogP contribution in [0.15, 0.2) is 0 Å². The standard InChI is InChI=1S/C11H20N4O2/c1-5-11(4,10(16)17)7-15-9(6-8(2)3)12-13-14-15/h8H,5-7H2,1-4H3,(H,16,17). The summed E-state index contributed by atoms with van der Waals surface area (Å²) in [6, 6.07) is 0. The van der Waals surface area contributed by atoms with Gasteiger partial charge in [-0.25, -0.2) is 4.68 Å². The predicted octanol–water partition coefficient (Wildman–Crippen LogP) is 1.37. The monoisotopic (exact) mass is 240 g/mol. The smallest absolute Gasteiger partial charge is 0.311 e. The first kappa shape index (κ1) is 13.6. The molecule has 0 aromatic carbocycles. The zero-order valence-electron chi connectivity index (χ0n) is 10.8. The quantitative estimate of drug-likeness (QED) is 0.812. The summed E-state index contributed by atoms with van der Waals surface area (Å²) in [5.74, 6) is 0.379. The fourth-order valence-corrected chi connectivity index (χ4v) is 1.52. The lowest BCUT2D eigenvalue weighted by Gasteiger charge is -2.23. The van der Waals surface area contributed by atoms with Crippen molar-refractivity contribution in [2.45, 2.75) is 47.1 Å². The number of nitrogens with zero attached hydrogens (tertiary/aromatic N) is 4. The molecule has 1 unspecified atom stereocenters. The molecule has 6 nitrogen and oxygen atoms in total. The molecule has 0 saturated heterocycles. The number of rotatable bonds is 6. The molecule has 1 aromatic heterocycles. The van der Waals surface area contributed by atoms with Crippen LogP contribution in [0.25, 0.3) is 0 Å². The van der Waals surface area contributed by atoms with Crippen molar-refractivity contribution in [2.75, 3.05) is 0 Å². The fourth-order valence-electron chi connectivity index (χ4n) is 1.52. The molecule has 0 amide bonds. The molecule has 17 heavy (non-hydrogen) atoms. The number of carboxylic acid groups (broad SMARTS) is 1. The molecule has 0 aliphatic rings. The molecule has 0 aliphatic carbocycles. The van der Waals surface area contributed by atoms with Gasteiger partial charge in [0.25, 0.3) is 0 Å². The van der Waals surface area contributed by atoms with Crippen molar-refractivity contribution in [3.8, 4) is 0 Å². The van der Waals surface area contributed by atoms with Gasteiger partial charge in [-0.15, -0.1) is 5.10 Å². The molecule has 0 radical (unpaired) electrons. The number of aliphatic carboxylic acids is 1. The Morgan fingerprint density at radius 2 is 2.18 bits per heavy atom. The Morgan fingerprint density at radius 1 is 1.53 bits per heavy atom. The molecular weight excluding hydrogens is 220 g/mol. The Morgan fingerprint density at radius 3 is 2.65 bits per heavy atom. The summed E-state index contributed by atoms with van der Waals surface area (Å²) in [6.45, 7) is 8.05. The second kappa shape index (κ2) is 5.25. The maximum Gasteiger partial charge on any atom is 0.311 e. The zero-order chi connectivity index (χ0) is 13.1. The van der Waals surface area contributed by atoms with Crippen LogP contribution in [0.1, 0.15) is 39.9 Å². The highest BCUT2D eigenvalue weighted by Gasteiger charge is 2.33. The van der Waals surface area contributed by atoms with Crippen molar-refractivity contribution in [3.05, 3.63) is 5.82 Å². The van der Waals surface area contributed by atoms with Gasteiger partial charge in [0.2, 0.25) is 0 Å². The van der Waals surface area contributed by atoms with Crippen molar-refractivity contribution in [1.82, 2.24) is 20.2 Å². The van der Waals surface area contributed by atoms with Crippen LogP contribution in [0.3, 0.4) is 0 Å². The van der Waals surface area contributed by atoms with Crippen molar-refractivity contribution < 1.29 is 9.90 Å². The van der Waals surface area contributed by atoms with Crippen molar-refractivity contribution in [1.29, 1.82) is 0 Å². The van der Waals surface area contributed by atoms with E-state index in [-0.39, 0.29) is 0 Å². The second-order valence-corrected chi connectivity index (χ2v) is 5.07. The van der Waals surface area contributed by atoms with Gasteiger partial charge in [-0.2, -0.15) is 0 Å². The van der Waals surface area contributed by atoms with E-state index in [0.29, 0.717) is 18.9 Å². The van der Waals surface area contributed by atoms with E-state index < -0.39 is 11.4 Å². The Kier molecular flexibility index (Phi) is 4.20. The van der Waals surface area contributed by atoms with Gasteiger partial charge in [-0.05, 0) is 29.7 Å². The summed E-state index contributed by atoms with van der Waals surface area (Å²) in [4.78, 5) is 11.2. The van der Waals surface area contributed by atoms with Crippen LogP contribution in [0.2, 0.25) is 0 Å². The maximum atomic E-state index is 11.2. The first-order chi connectivity index (χ1) is 7.89. The number of tetrazole rings is 1. The van der Waals surface area contributed by atoms with E-state index in [1.807, 2.05) is 6.92 Å². The fraction of sp³-hybridized carbons (Fsp3) is 0.818. The number of carbonyl (C=O) groups is 1. The molecule has 0 saturated carbocycles. The average Bonchev–Trinajstić information content (AvgIpc) is 2.64. The third kappa shape index (κ3) is 3.25. The van der Waals surface area contributed by atoms with Gasteiger partial charge < -0.3 is 5.11 Å². The Bertz CT molecular complexity index is 389. The summed E-state index contributed by atoms with van der Waals surface area (Å²) in [5, 5.41) is 20.7. The summed E-state index contributed by atoms with van der Waals surface area (Å²) in [6.07, 6.45) is 1.30. The van der Waals surface area contributed by atoms with Gasteiger partial charge in [0, 0.05) is 6.42 Å². The van der Waals surface area contributed by atoms with Crippen LogP contribution in [-0.4, -0.2) is 31.3 Å². The average molecular weight is 240 g/mol. The minimum absolute atomic E-state index is 0.313. The highest BCUT2D eigenvalue weighted by molar-refractivity contribution is 5.73. The molecule has 0 fully saturated rings. The molecule has 0 bridgehead atoms. The number of hydrogen-bond acceptors (Lipinski definition) is 4. The van der Waals surface area contributed by atoms with Crippen LogP contribution in [0.5, 0.6) is 0 Å². The van der Waals surface area contributed by atoms with E-state index in [0.717, 1.165) is 12.2 Å². The Balaban J connectivity index is 2.87. The van der Waals surface area contributed by atoms with Crippen LogP contribution in [0.4, 0.5) is 0 Å². The SMILES string of the molecule is CCC(C)(Cn1nnnc1CC(C)C)C(=O)O. The summed E-state index contributed by atoms with van der Waals surface area (Å²) < 4.78 is 1.61. The number of aromatic nitrogens is 4. The van der Waals surface area contributed by atoms with Gasteiger partial charge in [0.05, 0.1) is 12.0 Å². The first-order valence-electron chi connectivity index (χ1n) is 5.87. The summed E-state index contributed by atoms with van der Waals surface area (Å²) in [5.41, 5.74) is -0.818. The van der Waals surface area contributed by atoms with E-state index in [1.54, 1.807) is 11.6 Å². The third-order valence-corrected chi connectivity index (χ3v) is 2.99. The topological polar surface area (TPSA) is 80.9 Å². The summed E-state index contributed by atoms with van der Waals surface area (Å²) in [7, 11) is 0. The highest BCUT2D eigenvalue weighted by Crippen LogP contribution is 2.24. The van der Waals surface area contributed by atoms with Crippen LogP contribution in [0, 0.1) is 11.3 Å². The Labute approximate surface area is 101 Å². The molecule has 1 rings (SSSR count). The molecule has 0 aliphatic heterocycles. The van der Waals surface area contributed by atoms with Gasteiger partial charge in [0.1, 0.15) is 0 Å². The first-order valence-corrected chi connectivity index (χ1v) is 5.87. The summed E-state index contributed by atoms with van der Waals surface area (Å²) >= 11 is 0. The van der Waals surface area contributed by atoms with Gasteiger partial charge >= 0.3 is 5.97 Å². The van der Waals surface area contributed by atoms with Gasteiger partial charge in [-0.3, -0.25) is 4.79 Å². The molecule has 1 atom stereocenters. The lowest BCUT2D eigenvalue weighted by Crippen LogP contribution is -2.33. The molecule has 96 valence electrons. The molecule has 1 aromatic rings. The Hall–Kier alpha value is -1.46. The van der Waals surface area contributed by atoms with Crippen molar-refractivity contribution >= 4 is 5.97 Å². The normalized spacial score (nSPS) is 14.9. The lowest BCUT2D eigenvalue weighted by molar-refractivity contribution is -0.149. The van der Waals surface area contributed by atoms with Crippen molar-refractivity contribution in [3.63, 3.8) is 0 Å². The number of carboxylic acids is 1. The van der Waals surface area contributed by atoms with Crippen molar-refractivity contribution in [2.24, 2.45) is 11.3 Å². The predicted molar refractivity (Wildman–Crippen MR) is 62.4 cm³/mol. The van der Waals surface area contributed by atoms with E-state index in [1.165, 1.54) is 0 Å². The minimum atomic E-state index is -0.818. The second-order valence-electron chi connectivity index (χ2n) is 5.07. The van der Waals surface area contributed by atoms with Gasteiger partial charge in [-0.1, -0.05) is 20.8 Å². The third-order valence-electron chi connectivity index (χ3n) is 2.99. The van der Waals surface area contributed by atoms with E-state index >= 15 is 0 Å². The minimum Gasteiger partial charge on any atom is -0.481 e. The van der Waals surface area contributed by atoms with Gasteiger partial charge in [0.15, 0.2) is 5.82 Å². The zero-order valence-corrected chi connectivity index (χ0v) is 10.8.